The fourth-order valence-corrected chi connectivity index (χ4v) is 1.84. The van der Waals surface area contributed by atoms with Gasteiger partial charge in [-0.1, -0.05) is 0 Å². The summed E-state index contributed by atoms with van der Waals surface area (Å²) in [7, 11) is -1.92. The molecule has 0 aromatic heterocycles. The number of esters is 1. The Bertz CT molecular complexity index is 337. The highest BCUT2D eigenvalue weighted by atomic mass is 32.2. The van der Waals surface area contributed by atoms with Gasteiger partial charge in [-0.25, -0.2) is 8.93 Å². The van der Waals surface area contributed by atoms with Gasteiger partial charge in [-0.05, 0) is 34.6 Å². The third kappa shape index (κ3) is 7.51. The second-order valence-corrected chi connectivity index (χ2v) is 7.33. The molecule has 0 radical (unpaired) electrons. The Morgan fingerprint density at radius 1 is 1.26 bits per heavy atom. The summed E-state index contributed by atoms with van der Waals surface area (Å²) in [5.41, 5.74) is 0. The minimum Gasteiger partial charge on any atom is -0.463 e. The van der Waals surface area contributed by atoms with Gasteiger partial charge in [0.1, 0.15) is 6.04 Å². The fraction of sp³-hybridized carbons (Fsp3) is 0.909. The first kappa shape index (κ1) is 18.4. The van der Waals surface area contributed by atoms with Gasteiger partial charge in [-0.3, -0.25) is 4.79 Å². The molecule has 0 aliphatic rings. The molecule has 8 heteroatoms. The molecule has 0 saturated carbocycles. The summed E-state index contributed by atoms with van der Waals surface area (Å²) in [6.07, 6.45) is -6.06. The van der Waals surface area contributed by atoms with Gasteiger partial charge in [-0.2, -0.15) is 13.2 Å². The van der Waals surface area contributed by atoms with Crippen molar-refractivity contribution in [2.24, 2.45) is 0 Å². The number of alkyl halides is 3. The molecule has 0 bridgehead atoms. The van der Waals surface area contributed by atoms with E-state index in [1.165, 1.54) is 20.8 Å². The summed E-state index contributed by atoms with van der Waals surface area (Å²) in [5, 5.41) is 0. The van der Waals surface area contributed by atoms with Crippen molar-refractivity contribution in [3.63, 3.8) is 0 Å². The maximum absolute atomic E-state index is 12.8. The normalized spacial score (nSPS) is 16.3. The van der Waals surface area contributed by atoms with Gasteiger partial charge in [0.05, 0.1) is 28.3 Å². The van der Waals surface area contributed by atoms with Gasteiger partial charge >= 0.3 is 12.1 Å². The average Bonchev–Trinajstić information content (AvgIpc) is 2.11. The van der Waals surface area contributed by atoms with Crippen molar-refractivity contribution in [3.05, 3.63) is 0 Å². The topological polar surface area (TPSA) is 55.4 Å². The first-order valence-electron chi connectivity index (χ1n) is 5.78. The molecule has 2 atom stereocenters. The van der Waals surface area contributed by atoms with Gasteiger partial charge in [0.2, 0.25) is 0 Å². The van der Waals surface area contributed by atoms with Gasteiger partial charge in [-0.15, -0.1) is 0 Å². The minimum absolute atomic E-state index is 0.491. The highest BCUT2D eigenvalue weighted by Gasteiger charge is 2.43. The average molecular weight is 303 g/mol. The summed E-state index contributed by atoms with van der Waals surface area (Å²) in [6, 6.07) is -2.18. The van der Waals surface area contributed by atoms with Crippen LogP contribution in [0.4, 0.5) is 13.2 Å². The van der Waals surface area contributed by atoms with Crippen molar-refractivity contribution in [1.82, 2.24) is 4.72 Å². The number of hydrogen-bond donors (Lipinski definition) is 1. The van der Waals surface area contributed by atoms with Crippen molar-refractivity contribution in [2.75, 3.05) is 0 Å². The van der Waals surface area contributed by atoms with Crippen molar-refractivity contribution in [1.29, 1.82) is 0 Å². The molecule has 0 saturated heterocycles. The van der Waals surface area contributed by atoms with Crippen LogP contribution in [0.3, 0.4) is 0 Å². The molecule has 0 heterocycles. The quantitative estimate of drug-likeness (QED) is 0.793. The van der Waals surface area contributed by atoms with E-state index in [1.54, 1.807) is 13.8 Å². The van der Waals surface area contributed by atoms with Crippen molar-refractivity contribution in [2.45, 2.75) is 64.1 Å². The predicted molar refractivity (Wildman–Crippen MR) is 66.7 cm³/mol. The number of rotatable bonds is 5. The molecule has 0 aliphatic carbocycles. The molecule has 114 valence electrons. The number of halogens is 3. The van der Waals surface area contributed by atoms with Crippen LogP contribution in [0.5, 0.6) is 0 Å². The van der Waals surface area contributed by atoms with Crippen LogP contribution in [0.15, 0.2) is 0 Å². The lowest BCUT2D eigenvalue weighted by Gasteiger charge is -2.25. The number of hydrogen-bond acceptors (Lipinski definition) is 3. The van der Waals surface area contributed by atoms with E-state index in [0.29, 0.717) is 0 Å². The zero-order valence-corrected chi connectivity index (χ0v) is 12.4. The monoisotopic (exact) mass is 303 g/mol. The van der Waals surface area contributed by atoms with E-state index >= 15 is 0 Å². The Morgan fingerprint density at radius 3 is 2.05 bits per heavy atom. The third-order valence-corrected chi connectivity index (χ3v) is 3.55. The van der Waals surface area contributed by atoms with Gasteiger partial charge in [0, 0.05) is 0 Å². The Labute approximate surface area is 113 Å². The number of ether oxygens (including phenoxy) is 1. The summed E-state index contributed by atoms with van der Waals surface area (Å²) in [4.78, 5) is 11.3. The van der Waals surface area contributed by atoms with E-state index in [4.69, 9.17) is 0 Å². The number of nitrogens with one attached hydrogen (secondary N) is 1. The highest BCUT2D eigenvalue weighted by molar-refractivity contribution is 7.84. The zero-order chi connectivity index (χ0) is 15.4. The molecule has 1 N–H and O–H groups in total. The molecule has 0 rings (SSSR count). The summed E-state index contributed by atoms with van der Waals surface area (Å²) in [5.74, 6) is -0.976. The minimum atomic E-state index is -4.67. The van der Waals surface area contributed by atoms with Crippen molar-refractivity contribution < 1.29 is 26.9 Å². The van der Waals surface area contributed by atoms with E-state index in [9.17, 15) is 22.2 Å². The molecule has 19 heavy (non-hydrogen) atoms. The maximum Gasteiger partial charge on any atom is 0.405 e. The summed E-state index contributed by atoms with van der Waals surface area (Å²) >= 11 is 0. The molecule has 0 aromatic carbocycles. The van der Waals surface area contributed by atoms with E-state index in [2.05, 4.69) is 4.74 Å². The largest absolute Gasteiger partial charge is 0.463 e. The van der Waals surface area contributed by atoms with Gasteiger partial charge in [0.25, 0.3) is 0 Å². The van der Waals surface area contributed by atoms with Crippen LogP contribution in [-0.4, -0.2) is 33.2 Å². The highest BCUT2D eigenvalue weighted by Crippen LogP contribution is 2.24. The molecule has 0 aliphatic heterocycles. The maximum atomic E-state index is 12.8. The third-order valence-electron chi connectivity index (χ3n) is 1.94. The zero-order valence-electron chi connectivity index (χ0n) is 11.6. The van der Waals surface area contributed by atoms with Crippen LogP contribution in [0.25, 0.3) is 0 Å². The summed E-state index contributed by atoms with van der Waals surface area (Å²) < 4.78 is 55.7. The lowest BCUT2D eigenvalue weighted by atomic mass is 10.2. The molecular weight excluding hydrogens is 283 g/mol. The first-order valence-corrected chi connectivity index (χ1v) is 6.93. The summed E-state index contributed by atoms with van der Waals surface area (Å²) in [6.45, 7) is 7.70. The van der Waals surface area contributed by atoms with E-state index in [1.807, 2.05) is 4.72 Å². The second kappa shape index (κ2) is 6.69. The fourth-order valence-electron chi connectivity index (χ4n) is 1.01. The first-order chi connectivity index (χ1) is 8.34. The van der Waals surface area contributed by atoms with Crippen molar-refractivity contribution >= 4 is 17.0 Å². The predicted octanol–water partition coefficient (Wildman–Crippen LogP) is 2.31. The molecule has 4 nitrogen and oxygen atoms in total. The number of carbonyl (C=O) groups is 1. The van der Waals surface area contributed by atoms with Gasteiger partial charge in [0.15, 0.2) is 0 Å². The SMILES string of the molecule is CC(C)OC(=O)C[C@H](NS(=O)C(C)(C)C)C(F)(F)F. The Morgan fingerprint density at radius 2 is 1.74 bits per heavy atom. The van der Waals surface area contributed by atoms with Crippen LogP contribution >= 0.6 is 0 Å². The van der Waals surface area contributed by atoms with Crippen LogP contribution in [0.1, 0.15) is 41.0 Å². The molecule has 0 aromatic rings. The molecule has 0 amide bonds. The standard InChI is InChI=1S/C11H20F3NO3S/c1-7(2)18-9(16)6-8(11(12,13)14)15-19(17)10(3,4)5/h7-8,15H,6H2,1-5H3/t8-,19?/m0/s1. The van der Waals surface area contributed by atoms with Crippen LogP contribution in [-0.2, 0) is 20.5 Å². The lowest BCUT2D eigenvalue weighted by Crippen LogP contribution is -2.48. The Kier molecular flexibility index (Phi) is 6.47. The van der Waals surface area contributed by atoms with E-state index < -0.39 is 46.4 Å². The Hall–Kier alpha value is -0.630. The molecule has 0 spiro atoms. The molecule has 0 fully saturated rings. The van der Waals surface area contributed by atoms with E-state index in [-0.39, 0.29) is 0 Å². The molecular formula is C11H20F3NO3S. The van der Waals surface area contributed by atoms with Crippen LogP contribution in [0, 0.1) is 0 Å². The lowest BCUT2D eigenvalue weighted by molar-refractivity contribution is -0.168. The number of carbonyl (C=O) groups excluding carboxylic acids is 1. The van der Waals surface area contributed by atoms with Crippen LogP contribution in [0.2, 0.25) is 0 Å². The van der Waals surface area contributed by atoms with Crippen LogP contribution < -0.4 is 4.72 Å². The van der Waals surface area contributed by atoms with E-state index in [0.717, 1.165) is 0 Å². The van der Waals surface area contributed by atoms with Crippen molar-refractivity contribution in [3.8, 4) is 0 Å². The Balaban J connectivity index is 4.77. The van der Waals surface area contributed by atoms with Gasteiger partial charge < -0.3 is 4.74 Å². The molecule has 1 unspecified atom stereocenters. The second-order valence-electron chi connectivity index (χ2n) is 5.34. The smallest absolute Gasteiger partial charge is 0.405 e.